The summed E-state index contributed by atoms with van der Waals surface area (Å²) in [5, 5.41) is 9.39. The second kappa shape index (κ2) is 9.53. The first-order valence-corrected chi connectivity index (χ1v) is 9.06. The summed E-state index contributed by atoms with van der Waals surface area (Å²) in [7, 11) is 0. The Hall–Kier alpha value is -2.37. The first kappa shape index (κ1) is 20.9. The molecular weight excluding hydrogens is 362 g/mol. The summed E-state index contributed by atoms with van der Waals surface area (Å²) in [5.74, 6) is -0.294. The standard InChI is InChI=1S/C21H25N3O2.ClH/c1-14-10-11-17(21(26)23-18-9-6-12-22-15(18)2)13-19(14)24-20(25)16-7-4-3-5-8-16;/h3-5,7-8,10-11,13,15,18,22H,6,9,12H2,1-2H3,(H,23,26)(H,24,25);1H. The summed E-state index contributed by atoms with van der Waals surface area (Å²) in [5.41, 5.74) is 2.71. The lowest BCUT2D eigenvalue weighted by atomic mass is 9.99. The summed E-state index contributed by atoms with van der Waals surface area (Å²) >= 11 is 0. The van der Waals surface area contributed by atoms with E-state index in [4.69, 9.17) is 0 Å². The molecule has 5 nitrogen and oxygen atoms in total. The number of benzene rings is 2. The Morgan fingerprint density at radius 3 is 2.48 bits per heavy atom. The van der Waals surface area contributed by atoms with Crippen molar-refractivity contribution in [3.63, 3.8) is 0 Å². The van der Waals surface area contributed by atoms with Crippen molar-refractivity contribution in [3.8, 4) is 0 Å². The highest BCUT2D eigenvalue weighted by Crippen LogP contribution is 2.19. The van der Waals surface area contributed by atoms with Crippen molar-refractivity contribution < 1.29 is 9.59 Å². The van der Waals surface area contributed by atoms with E-state index in [2.05, 4.69) is 22.9 Å². The quantitative estimate of drug-likeness (QED) is 0.751. The number of halogens is 1. The predicted molar refractivity (Wildman–Crippen MR) is 111 cm³/mol. The van der Waals surface area contributed by atoms with Crippen molar-refractivity contribution in [2.45, 2.75) is 38.8 Å². The van der Waals surface area contributed by atoms with Crippen LogP contribution in [0.5, 0.6) is 0 Å². The van der Waals surface area contributed by atoms with Gasteiger partial charge in [-0.05, 0) is 63.1 Å². The second-order valence-corrected chi connectivity index (χ2v) is 6.81. The molecule has 0 radical (unpaired) electrons. The number of carbonyl (C=O) groups is 2. The minimum absolute atomic E-state index is 0. The number of hydrogen-bond donors (Lipinski definition) is 3. The van der Waals surface area contributed by atoms with Gasteiger partial charge in [0.05, 0.1) is 0 Å². The average molecular weight is 388 g/mol. The van der Waals surface area contributed by atoms with E-state index < -0.39 is 0 Å². The Kier molecular flexibility index (Phi) is 7.39. The van der Waals surface area contributed by atoms with Gasteiger partial charge in [0.25, 0.3) is 11.8 Å². The summed E-state index contributed by atoms with van der Waals surface area (Å²) in [6.45, 7) is 4.99. The summed E-state index contributed by atoms with van der Waals surface area (Å²) in [6.07, 6.45) is 2.03. The van der Waals surface area contributed by atoms with E-state index in [1.807, 2.05) is 31.2 Å². The molecule has 1 heterocycles. The largest absolute Gasteiger partial charge is 0.348 e. The van der Waals surface area contributed by atoms with E-state index in [9.17, 15) is 9.59 Å². The van der Waals surface area contributed by atoms with Crippen LogP contribution in [0.15, 0.2) is 48.5 Å². The van der Waals surface area contributed by atoms with Crippen LogP contribution < -0.4 is 16.0 Å². The van der Waals surface area contributed by atoms with Gasteiger partial charge in [0, 0.05) is 28.9 Å². The Morgan fingerprint density at radius 2 is 1.78 bits per heavy atom. The lowest BCUT2D eigenvalue weighted by Crippen LogP contribution is -2.51. The Morgan fingerprint density at radius 1 is 1.04 bits per heavy atom. The first-order chi connectivity index (χ1) is 12.5. The third-order valence-electron chi connectivity index (χ3n) is 4.86. The van der Waals surface area contributed by atoms with Crippen molar-refractivity contribution in [3.05, 3.63) is 65.2 Å². The third-order valence-corrected chi connectivity index (χ3v) is 4.86. The Labute approximate surface area is 166 Å². The van der Waals surface area contributed by atoms with Crippen LogP contribution in [0, 0.1) is 6.92 Å². The molecule has 0 spiro atoms. The molecule has 1 fully saturated rings. The summed E-state index contributed by atoms with van der Waals surface area (Å²) in [4.78, 5) is 25.0. The van der Waals surface area contributed by atoms with Crippen LogP contribution in [0.25, 0.3) is 0 Å². The molecule has 0 aromatic heterocycles. The maximum Gasteiger partial charge on any atom is 0.255 e. The van der Waals surface area contributed by atoms with Crippen molar-refractivity contribution in [2.75, 3.05) is 11.9 Å². The lowest BCUT2D eigenvalue weighted by Gasteiger charge is -2.30. The fourth-order valence-corrected chi connectivity index (χ4v) is 3.17. The van der Waals surface area contributed by atoms with Crippen molar-refractivity contribution in [2.24, 2.45) is 0 Å². The second-order valence-electron chi connectivity index (χ2n) is 6.81. The highest BCUT2D eigenvalue weighted by Gasteiger charge is 2.23. The molecule has 1 aliphatic heterocycles. The number of piperidine rings is 1. The van der Waals surface area contributed by atoms with Gasteiger partial charge in [-0.1, -0.05) is 24.3 Å². The molecule has 2 aromatic carbocycles. The minimum atomic E-state index is -0.184. The van der Waals surface area contributed by atoms with Crippen LogP contribution in [0.1, 0.15) is 46.0 Å². The number of aryl methyl sites for hydroxylation is 1. The molecule has 0 aliphatic carbocycles. The van der Waals surface area contributed by atoms with Gasteiger partial charge in [0.1, 0.15) is 0 Å². The zero-order valence-corrected chi connectivity index (χ0v) is 16.4. The SMILES string of the molecule is Cc1ccc(C(=O)NC2CCCNC2C)cc1NC(=O)c1ccccc1.Cl. The predicted octanol–water partition coefficient (Wildman–Crippen LogP) is 3.54. The van der Waals surface area contributed by atoms with Gasteiger partial charge >= 0.3 is 0 Å². The van der Waals surface area contributed by atoms with Gasteiger partial charge in [-0.15, -0.1) is 12.4 Å². The molecule has 144 valence electrons. The van der Waals surface area contributed by atoms with Gasteiger partial charge in [-0.25, -0.2) is 0 Å². The molecule has 1 aliphatic rings. The Balaban J connectivity index is 0.00000261. The number of amides is 2. The van der Waals surface area contributed by atoms with Crippen LogP contribution in [0.4, 0.5) is 5.69 Å². The van der Waals surface area contributed by atoms with Crippen molar-refractivity contribution in [1.29, 1.82) is 0 Å². The van der Waals surface area contributed by atoms with E-state index in [0.717, 1.165) is 24.9 Å². The third kappa shape index (κ3) is 5.31. The molecule has 3 rings (SSSR count). The molecule has 2 unspecified atom stereocenters. The van der Waals surface area contributed by atoms with Gasteiger partial charge < -0.3 is 16.0 Å². The molecule has 6 heteroatoms. The maximum absolute atomic E-state index is 12.6. The molecule has 0 saturated carbocycles. The fraction of sp³-hybridized carbons (Fsp3) is 0.333. The van der Waals surface area contributed by atoms with Gasteiger partial charge in [-0.3, -0.25) is 9.59 Å². The van der Waals surface area contributed by atoms with Crippen LogP contribution in [-0.2, 0) is 0 Å². The van der Waals surface area contributed by atoms with Gasteiger partial charge in [-0.2, -0.15) is 0 Å². The smallest absolute Gasteiger partial charge is 0.255 e. The lowest BCUT2D eigenvalue weighted by molar-refractivity contribution is 0.0919. The summed E-state index contributed by atoms with van der Waals surface area (Å²) < 4.78 is 0. The van der Waals surface area contributed by atoms with E-state index in [0.29, 0.717) is 16.8 Å². The fourth-order valence-electron chi connectivity index (χ4n) is 3.17. The highest BCUT2D eigenvalue weighted by molar-refractivity contribution is 6.05. The molecule has 1 saturated heterocycles. The maximum atomic E-state index is 12.6. The van der Waals surface area contributed by atoms with E-state index >= 15 is 0 Å². The van der Waals surface area contributed by atoms with Crippen LogP contribution in [0.3, 0.4) is 0 Å². The topological polar surface area (TPSA) is 70.2 Å². The number of hydrogen-bond acceptors (Lipinski definition) is 3. The number of anilines is 1. The van der Waals surface area contributed by atoms with Crippen LogP contribution in [0.2, 0.25) is 0 Å². The normalized spacial score (nSPS) is 18.9. The number of carbonyl (C=O) groups excluding carboxylic acids is 2. The van der Waals surface area contributed by atoms with E-state index in [1.54, 1.807) is 24.3 Å². The zero-order chi connectivity index (χ0) is 18.5. The molecule has 27 heavy (non-hydrogen) atoms. The van der Waals surface area contributed by atoms with Gasteiger partial charge in [0.2, 0.25) is 0 Å². The molecule has 0 bridgehead atoms. The van der Waals surface area contributed by atoms with Crippen LogP contribution in [-0.4, -0.2) is 30.4 Å². The van der Waals surface area contributed by atoms with E-state index in [-0.39, 0.29) is 36.3 Å². The van der Waals surface area contributed by atoms with Crippen molar-refractivity contribution >= 4 is 29.9 Å². The molecule has 2 atom stereocenters. The van der Waals surface area contributed by atoms with E-state index in [1.165, 1.54) is 0 Å². The molecular formula is C21H26ClN3O2. The summed E-state index contributed by atoms with van der Waals surface area (Å²) in [6, 6.07) is 14.8. The van der Waals surface area contributed by atoms with Gasteiger partial charge in [0.15, 0.2) is 0 Å². The average Bonchev–Trinajstić information content (AvgIpc) is 2.66. The highest BCUT2D eigenvalue weighted by atomic mass is 35.5. The molecule has 3 N–H and O–H groups in total. The monoisotopic (exact) mass is 387 g/mol. The van der Waals surface area contributed by atoms with Crippen LogP contribution >= 0.6 is 12.4 Å². The zero-order valence-electron chi connectivity index (χ0n) is 15.6. The first-order valence-electron chi connectivity index (χ1n) is 9.06. The molecule has 2 aromatic rings. The minimum Gasteiger partial charge on any atom is -0.348 e. The number of nitrogens with one attached hydrogen (secondary N) is 3. The molecule has 2 amide bonds. The Bertz CT molecular complexity index is 795. The van der Waals surface area contributed by atoms with Crippen molar-refractivity contribution in [1.82, 2.24) is 10.6 Å². The number of rotatable bonds is 4.